The van der Waals surface area contributed by atoms with E-state index in [4.69, 9.17) is 11.6 Å². The van der Waals surface area contributed by atoms with E-state index in [0.717, 1.165) is 25.1 Å². The Balaban J connectivity index is 1.74. The van der Waals surface area contributed by atoms with Crippen LogP contribution in [0, 0.1) is 5.82 Å². The number of nitrogens with one attached hydrogen (secondary N) is 1. The smallest absolute Gasteiger partial charge is 0.237 e. The fraction of sp³-hybridized carbons (Fsp3) is 0.400. The number of nitrogens with zero attached hydrogens (tertiary/aromatic N) is 4. The summed E-state index contributed by atoms with van der Waals surface area (Å²) in [7, 11) is 1.65. The number of rotatable bonds is 4. The molecule has 1 atom stereocenters. The van der Waals surface area contributed by atoms with Gasteiger partial charge in [0.2, 0.25) is 5.91 Å². The SMILES string of the molecule is CNC(=O)C1CCCN1Cc1cn(-c2ccc(F)c(Cl)c2)nn1. The Labute approximate surface area is 138 Å². The van der Waals surface area contributed by atoms with E-state index in [-0.39, 0.29) is 17.0 Å². The second-order valence-electron chi connectivity index (χ2n) is 5.50. The van der Waals surface area contributed by atoms with Crippen LogP contribution in [-0.2, 0) is 11.3 Å². The van der Waals surface area contributed by atoms with Crippen LogP contribution in [0.3, 0.4) is 0 Å². The fourth-order valence-corrected chi connectivity index (χ4v) is 2.99. The number of halogens is 2. The molecule has 0 aliphatic carbocycles. The number of carbonyl (C=O) groups is 1. The molecule has 0 bridgehead atoms. The van der Waals surface area contributed by atoms with Gasteiger partial charge in [0.25, 0.3) is 0 Å². The molecule has 1 aromatic carbocycles. The first-order valence-electron chi connectivity index (χ1n) is 7.41. The largest absolute Gasteiger partial charge is 0.358 e. The quantitative estimate of drug-likeness (QED) is 0.923. The van der Waals surface area contributed by atoms with Gasteiger partial charge in [0.05, 0.1) is 28.6 Å². The van der Waals surface area contributed by atoms with Gasteiger partial charge < -0.3 is 5.32 Å². The summed E-state index contributed by atoms with van der Waals surface area (Å²) >= 11 is 5.79. The summed E-state index contributed by atoms with van der Waals surface area (Å²) in [4.78, 5) is 14.0. The summed E-state index contributed by atoms with van der Waals surface area (Å²) < 4.78 is 14.8. The lowest BCUT2D eigenvalue weighted by atomic mass is 10.2. The van der Waals surface area contributed by atoms with Gasteiger partial charge in [0.15, 0.2) is 0 Å². The van der Waals surface area contributed by atoms with Crippen LogP contribution in [0.4, 0.5) is 4.39 Å². The molecule has 6 nitrogen and oxygen atoms in total. The van der Waals surface area contributed by atoms with E-state index in [0.29, 0.717) is 12.2 Å². The Kier molecular flexibility index (Phi) is 4.58. The van der Waals surface area contributed by atoms with Crippen molar-refractivity contribution in [3.63, 3.8) is 0 Å². The minimum Gasteiger partial charge on any atom is -0.358 e. The van der Waals surface area contributed by atoms with Gasteiger partial charge in [0, 0.05) is 13.6 Å². The maximum Gasteiger partial charge on any atom is 0.237 e. The van der Waals surface area contributed by atoms with Crippen molar-refractivity contribution in [2.75, 3.05) is 13.6 Å². The Morgan fingerprint density at radius 2 is 2.35 bits per heavy atom. The lowest BCUT2D eigenvalue weighted by Crippen LogP contribution is -2.41. The van der Waals surface area contributed by atoms with E-state index < -0.39 is 5.82 Å². The molecular weight excluding hydrogens is 321 g/mol. The van der Waals surface area contributed by atoms with Crippen LogP contribution in [0.25, 0.3) is 5.69 Å². The molecule has 3 rings (SSSR count). The number of carbonyl (C=O) groups excluding carboxylic acids is 1. The van der Waals surface area contributed by atoms with E-state index >= 15 is 0 Å². The fourth-order valence-electron chi connectivity index (χ4n) is 2.81. The molecule has 23 heavy (non-hydrogen) atoms. The van der Waals surface area contributed by atoms with Gasteiger partial charge in [-0.1, -0.05) is 16.8 Å². The van der Waals surface area contributed by atoms with Crippen LogP contribution in [0.15, 0.2) is 24.4 Å². The molecule has 8 heteroatoms. The number of aromatic nitrogens is 3. The predicted molar refractivity (Wildman–Crippen MR) is 83.8 cm³/mol. The first-order valence-corrected chi connectivity index (χ1v) is 7.78. The van der Waals surface area contributed by atoms with Gasteiger partial charge in [-0.3, -0.25) is 9.69 Å². The maximum atomic E-state index is 13.2. The average Bonchev–Trinajstić information content (AvgIpc) is 3.19. The van der Waals surface area contributed by atoms with Crippen LogP contribution in [-0.4, -0.2) is 45.4 Å². The number of likely N-dealkylation sites (tertiary alicyclic amines) is 1. The van der Waals surface area contributed by atoms with Crippen LogP contribution >= 0.6 is 11.6 Å². The highest BCUT2D eigenvalue weighted by Gasteiger charge is 2.30. The monoisotopic (exact) mass is 337 g/mol. The zero-order valence-corrected chi connectivity index (χ0v) is 13.4. The average molecular weight is 338 g/mol. The summed E-state index contributed by atoms with van der Waals surface area (Å²) in [6.07, 6.45) is 3.60. The van der Waals surface area contributed by atoms with E-state index in [2.05, 4.69) is 20.5 Å². The Bertz CT molecular complexity index is 720. The molecule has 1 saturated heterocycles. The molecule has 1 aromatic heterocycles. The van der Waals surface area contributed by atoms with Crippen molar-refractivity contribution >= 4 is 17.5 Å². The molecule has 0 radical (unpaired) electrons. The van der Waals surface area contributed by atoms with Gasteiger partial charge in [-0.25, -0.2) is 9.07 Å². The number of hydrogen-bond acceptors (Lipinski definition) is 4. The molecule has 0 spiro atoms. The summed E-state index contributed by atoms with van der Waals surface area (Å²) in [5.74, 6) is -0.443. The summed E-state index contributed by atoms with van der Waals surface area (Å²) in [5.41, 5.74) is 1.39. The summed E-state index contributed by atoms with van der Waals surface area (Å²) in [5, 5.41) is 10.9. The number of likely N-dealkylation sites (N-methyl/N-ethyl adjacent to an activating group) is 1. The molecule has 1 amide bonds. The Morgan fingerprint density at radius 1 is 1.52 bits per heavy atom. The van der Waals surface area contributed by atoms with Crippen molar-refractivity contribution in [2.45, 2.75) is 25.4 Å². The lowest BCUT2D eigenvalue weighted by molar-refractivity contribution is -0.125. The third-order valence-corrected chi connectivity index (χ3v) is 4.28. The van der Waals surface area contributed by atoms with Crippen molar-refractivity contribution in [1.82, 2.24) is 25.2 Å². The Morgan fingerprint density at radius 3 is 3.09 bits per heavy atom. The second kappa shape index (κ2) is 6.64. The Hall–Kier alpha value is -1.99. The number of hydrogen-bond donors (Lipinski definition) is 1. The first kappa shape index (κ1) is 15.9. The molecular formula is C15H17ClFN5O. The molecule has 1 fully saturated rings. The van der Waals surface area contributed by atoms with Gasteiger partial charge in [0.1, 0.15) is 5.82 Å². The van der Waals surface area contributed by atoms with Crippen molar-refractivity contribution in [1.29, 1.82) is 0 Å². The minimum absolute atomic E-state index is 0.0280. The van der Waals surface area contributed by atoms with Crippen molar-refractivity contribution in [2.24, 2.45) is 0 Å². The highest BCUT2D eigenvalue weighted by atomic mass is 35.5. The molecule has 122 valence electrons. The van der Waals surface area contributed by atoms with Gasteiger partial charge in [-0.15, -0.1) is 5.10 Å². The molecule has 2 aromatic rings. The zero-order valence-electron chi connectivity index (χ0n) is 12.7. The van der Waals surface area contributed by atoms with Gasteiger partial charge in [-0.2, -0.15) is 0 Å². The van der Waals surface area contributed by atoms with Gasteiger partial charge in [-0.05, 0) is 37.6 Å². The minimum atomic E-state index is -0.471. The number of benzene rings is 1. The lowest BCUT2D eigenvalue weighted by Gasteiger charge is -2.21. The molecule has 1 aliphatic rings. The van der Waals surface area contributed by atoms with E-state index in [9.17, 15) is 9.18 Å². The van der Waals surface area contributed by atoms with Crippen molar-refractivity contribution in [3.05, 3.63) is 40.9 Å². The van der Waals surface area contributed by atoms with Crippen LogP contribution in [0.1, 0.15) is 18.5 Å². The van der Waals surface area contributed by atoms with Gasteiger partial charge >= 0.3 is 0 Å². The van der Waals surface area contributed by atoms with E-state index in [1.807, 2.05) is 0 Å². The highest BCUT2D eigenvalue weighted by Crippen LogP contribution is 2.21. The first-order chi connectivity index (χ1) is 11.1. The normalized spacial score (nSPS) is 18.3. The molecule has 1 unspecified atom stereocenters. The zero-order chi connectivity index (χ0) is 16.4. The number of amides is 1. The third kappa shape index (κ3) is 3.35. The van der Waals surface area contributed by atoms with E-state index in [1.54, 1.807) is 24.0 Å². The summed E-state index contributed by atoms with van der Waals surface area (Å²) in [6.45, 7) is 1.40. The molecule has 2 heterocycles. The standard InChI is InChI=1S/C15H17ClFN5O/c1-18-15(23)14-3-2-6-21(14)8-10-9-22(20-19-10)11-4-5-13(17)12(16)7-11/h4-5,7,9,14H,2-3,6,8H2,1H3,(H,18,23). The molecule has 0 saturated carbocycles. The predicted octanol–water partition coefficient (Wildman–Crippen LogP) is 1.77. The highest BCUT2D eigenvalue weighted by molar-refractivity contribution is 6.30. The molecule has 1 aliphatic heterocycles. The van der Waals surface area contributed by atoms with Crippen molar-refractivity contribution in [3.8, 4) is 5.69 Å². The van der Waals surface area contributed by atoms with Crippen molar-refractivity contribution < 1.29 is 9.18 Å². The second-order valence-corrected chi connectivity index (χ2v) is 5.90. The van der Waals surface area contributed by atoms with Crippen LogP contribution < -0.4 is 5.32 Å². The summed E-state index contributed by atoms with van der Waals surface area (Å²) in [6, 6.07) is 4.26. The molecule has 1 N–H and O–H groups in total. The van der Waals surface area contributed by atoms with Crippen LogP contribution in [0.2, 0.25) is 5.02 Å². The topological polar surface area (TPSA) is 63.1 Å². The maximum absolute atomic E-state index is 13.2. The van der Waals surface area contributed by atoms with E-state index in [1.165, 1.54) is 12.1 Å². The third-order valence-electron chi connectivity index (χ3n) is 3.99. The van der Waals surface area contributed by atoms with Crippen LogP contribution in [0.5, 0.6) is 0 Å².